The van der Waals surface area contributed by atoms with E-state index in [0.717, 1.165) is 49.5 Å². The molecule has 0 amide bonds. The van der Waals surface area contributed by atoms with E-state index in [9.17, 15) is 0 Å². The minimum absolute atomic E-state index is 0.288. The van der Waals surface area contributed by atoms with Crippen LogP contribution in [0.1, 0.15) is 91.9 Å². The first-order valence-corrected chi connectivity index (χ1v) is 14.1. The molecular formula is C29H48O4. The van der Waals surface area contributed by atoms with Gasteiger partial charge in [-0.1, -0.05) is 27.7 Å². The highest BCUT2D eigenvalue weighted by Crippen LogP contribution is 2.71. The second-order valence-electron chi connectivity index (χ2n) is 13.7. The summed E-state index contributed by atoms with van der Waals surface area (Å²) in [6, 6.07) is 0. The summed E-state index contributed by atoms with van der Waals surface area (Å²) in [5.74, 6) is 4.51. The smallest absolute Gasteiger partial charge is 0.171 e. The van der Waals surface area contributed by atoms with Crippen LogP contribution in [0.5, 0.6) is 0 Å². The van der Waals surface area contributed by atoms with Gasteiger partial charge in [-0.05, 0) is 91.3 Å². The van der Waals surface area contributed by atoms with Gasteiger partial charge in [0.15, 0.2) is 11.6 Å². The third kappa shape index (κ3) is 3.09. The highest BCUT2D eigenvalue weighted by Gasteiger charge is 2.69. The summed E-state index contributed by atoms with van der Waals surface area (Å²) in [7, 11) is 3.68. The second-order valence-corrected chi connectivity index (χ2v) is 13.7. The Balaban J connectivity index is 1.23. The van der Waals surface area contributed by atoms with Crippen LogP contribution in [0.25, 0.3) is 0 Å². The molecule has 0 aromatic heterocycles. The summed E-state index contributed by atoms with van der Waals surface area (Å²) in [6.45, 7) is 10.9. The zero-order chi connectivity index (χ0) is 23.2. The maximum atomic E-state index is 6.94. The topological polar surface area (TPSA) is 36.9 Å². The monoisotopic (exact) mass is 460 g/mol. The fourth-order valence-corrected chi connectivity index (χ4v) is 10.7. The van der Waals surface area contributed by atoms with Crippen LogP contribution in [-0.4, -0.2) is 38.5 Å². The van der Waals surface area contributed by atoms with Gasteiger partial charge < -0.3 is 18.9 Å². The van der Waals surface area contributed by atoms with Gasteiger partial charge in [-0.25, -0.2) is 0 Å². The van der Waals surface area contributed by atoms with Gasteiger partial charge in [0.1, 0.15) is 0 Å². The highest BCUT2D eigenvalue weighted by molar-refractivity contribution is 5.15. The van der Waals surface area contributed by atoms with E-state index < -0.39 is 0 Å². The van der Waals surface area contributed by atoms with Crippen molar-refractivity contribution in [2.75, 3.05) is 20.8 Å². The molecule has 4 nitrogen and oxygen atoms in total. The molecule has 4 aliphatic carbocycles. The summed E-state index contributed by atoms with van der Waals surface area (Å²) >= 11 is 0. The number of ether oxygens (including phenoxy) is 4. The number of hydrogen-bond acceptors (Lipinski definition) is 4. The van der Waals surface area contributed by atoms with Gasteiger partial charge in [-0.3, -0.25) is 0 Å². The van der Waals surface area contributed by atoms with Gasteiger partial charge in [0.25, 0.3) is 0 Å². The van der Waals surface area contributed by atoms with E-state index in [-0.39, 0.29) is 11.6 Å². The van der Waals surface area contributed by atoms with E-state index in [4.69, 9.17) is 18.9 Å². The molecule has 0 N–H and O–H groups in total. The molecule has 0 radical (unpaired) electrons. The Morgan fingerprint density at radius 2 is 1.61 bits per heavy atom. The molecular weight excluding hydrogens is 412 g/mol. The van der Waals surface area contributed by atoms with Crippen LogP contribution in [0.3, 0.4) is 0 Å². The predicted molar refractivity (Wildman–Crippen MR) is 128 cm³/mol. The van der Waals surface area contributed by atoms with E-state index in [1.165, 1.54) is 44.9 Å². The Morgan fingerprint density at radius 3 is 2.30 bits per heavy atom. The lowest BCUT2D eigenvalue weighted by atomic mass is 9.44. The molecule has 1 spiro atoms. The molecule has 6 rings (SSSR count). The Bertz CT molecular complexity index is 755. The van der Waals surface area contributed by atoms with Gasteiger partial charge in [0.05, 0.1) is 12.7 Å². The Morgan fingerprint density at radius 1 is 0.818 bits per heavy atom. The van der Waals surface area contributed by atoms with E-state index >= 15 is 0 Å². The fourth-order valence-electron chi connectivity index (χ4n) is 10.7. The summed E-state index contributed by atoms with van der Waals surface area (Å²) < 4.78 is 25.3. The van der Waals surface area contributed by atoms with Crippen LogP contribution in [0.15, 0.2) is 0 Å². The van der Waals surface area contributed by atoms with Crippen molar-refractivity contribution in [3.63, 3.8) is 0 Å². The quantitative estimate of drug-likeness (QED) is 0.446. The molecule has 2 saturated heterocycles. The van der Waals surface area contributed by atoms with E-state index in [1.807, 2.05) is 14.2 Å². The van der Waals surface area contributed by atoms with Crippen LogP contribution in [0.4, 0.5) is 0 Å². The summed E-state index contributed by atoms with van der Waals surface area (Å²) in [5, 5.41) is 0. The zero-order valence-corrected chi connectivity index (χ0v) is 22.0. The molecule has 33 heavy (non-hydrogen) atoms. The molecule has 0 aromatic rings. The zero-order valence-electron chi connectivity index (χ0n) is 22.0. The third-order valence-electron chi connectivity index (χ3n) is 12.7. The van der Waals surface area contributed by atoms with Crippen LogP contribution in [-0.2, 0) is 18.9 Å². The summed E-state index contributed by atoms with van der Waals surface area (Å²) in [4.78, 5) is 0. The normalized spacial score (nSPS) is 57.3. The van der Waals surface area contributed by atoms with Crippen LogP contribution < -0.4 is 0 Å². The van der Waals surface area contributed by atoms with Crippen LogP contribution >= 0.6 is 0 Å². The number of methoxy groups -OCH3 is 2. The lowest BCUT2D eigenvalue weighted by Crippen LogP contribution is -2.57. The SMILES string of the molecule is COC1(OC)CC[C@@]2(C)[C@@H](CC[C@@H]3[C@@H]2CC[C@]2(C)[C@@H]4[C@H](C[C@@H]32)O[C@]2(CCC(C)CO2)[C@H]4C)C1. The van der Waals surface area contributed by atoms with E-state index in [2.05, 4.69) is 27.7 Å². The molecule has 0 bridgehead atoms. The van der Waals surface area contributed by atoms with Crippen molar-refractivity contribution in [2.45, 2.75) is 110 Å². The average molecular weight is 461 g/mol. The molecule has 188 valence electrons. The van der Waals surface area contributed by atoms with E-state index in [1.54, 1.807) is 0 Å². The lowest BCUT2D eigenvalue weighted by molar-refractivity contribution is -0.275. The average Bonchev–Trinajstić information content (AvgIpc) is 3.26. The molecule has 6 aliphatic rings. The van der Waals surface area contributed by atoms with E-state index in [0.29, 0.717) is 34.7 Å². The number of rotatable bonds is 2. The van der Waals surface area contributed by atoms with Gasteiger partial charge >= 0.3 is 0 Å². The molecule has 2 aliphatic heterocycles. The molecule has 0 aromatic carbocycles. The summed E-state index contributed by atoms with van der Waals surface area (Å²) in [5.41, 5.74) is 0.862. The Hall–Kier alpha value is -0.160. The molecule has 6 fully saturated rings. The molecule has 1 unspecified atom stereocenters. The lowest BCUT2D eigenvalue weighted by Gasteiger charge is -2.62. The van der Waals surface area contributed by atoms with Crippen molar-refractivity contribution in [1.82, 2.24) is 0 Å². The van der Waals surface area contributed by atoms with Crippen molar-refractivity contribution in [3.05, 3.63) is 0 Å². The maximum Gasteiger partial charge on any atom is 0.171 e. The minimum Gasteiger partial charge on any atom is -0.353 e. The fraction of sp³-hybridized carbons (Fsp3) is 1.00. The first kappa shape index (κ1) is 23.3. The number of fused-ring (bicyclic) bond motifs is 7. The standard InChI is InChI=1S/C29H48O4/c1-18-9-12-29(32-17-18)19(2)25-24(33-29)15-23-21-8-7-20-16-28(30-5,31-6)14-13-26(20,3)22(21)10-11-27(23,25)4/h18-25H,7-17H2,1-6H3/t18?,19-,20-,21+,22-,23-,24-,25-,26-,27-,29+/m0/s1. The maximum absolute atomic E-state index is 6.94. The molecule has 2 heterocycles. The Labute approximate surface area is 201 Å². The van der Waals surface area contributed by atoms with Gasteiger partial charge in [0.2, 0.25) is 0 Å². The minimum atomic E-state index is -0.348. The van der Waals surface area contributed by atoms with Crippen molar-refractivity contribution >= 4 is 0 Å². The second kappa shape index (κ2) is 7.67. The van der Waals surface area contributed by atoms with Crippen molar-refractivity contribution in [2.24, 2.45) is 52.3 Å². The van der Waals surface area contributed by atoms with Gasteiger partial charge in [-0.2, -0.15) is 0 Å². The molecule has 11 atom stereocenters. The van der Waals surface area contributed by atoms with Gasteiger partial charge in [-0.15, -0.1) is 0 Å². The molecule has 4 heteroatoms. The Kier molecular flexibility index (Phi) is 5.40. The van der Waals surface area contributed by atoms with Crippen molar-refractivity contribution < 1.29 is 18.9 Å². The highest BCUT2D eigenvalue weighted by atomic mass is 16.7. The predicted octanol–water partition coefficient (Wildman–Crippen LogP) is 6.42. The van der Waals surface area contributed by atoms with Crippen molar-refractivity contribution in [3.8, 4) is 0 Å². The first-order chi connectivity index (χ1) is 15.7. The number of hydrogen-bond donors (Lipinski definition) is 0. The van der Waals surface area contributed by atoms with Crippen molar-refractivity contribution in [1.29, 1.82) is 0 Å². The summed E-state index contributed by atoms with van der Waals surface area (Å²) in [6.07, 6.45) is 12.9. The van der Waals surface area contributed by atoms with Gasteiger partial charge in [0, 0.05) is 39.4 Å². The van der Waals surface area contributed by atoms with Crippen LogP contribution in [0.2, 0.25) is 0 Å². The first-order valence-electron chi connectivity index (χ1n) is 14.1. The molecule has 4 saturated carbocycles. The largest absolute Gasteiger partial charge is 0.353 e. The van der Waals surface area contributed by atoms with Crippen LogP contribution in [0, 0.1) is 52.3 Å². The third-order valence-corrected chi connectivity index (χ3v) is 12.7.